The first-order valence-corrected chi connectivity index (χ1v) is 11.4. The van der Waals surface area contributed by atoms with Crippen LogP contribution in [0.4, 0.5) is 4.79 Å². The van der Waals surface area contributed by atoms with Crippen LogP contribution in [0, 0.1) is 0 Å². The number of nitrogens with zero attached hydrogens (tertiary/aromatic N) is 1. The summed E-state index contributed by atoms with van der Waals surface area (Å²) in [5.41, 5.74) is 4.78. The van der Waals surface area contributed by atoms with Crippen molar-refractivity contribution in [2.75, 3.05) is 13.7 Å². The van der Waals surface area contributed by atoms with Gasteiger partial charge < -0.3 is 14.8 Å². The fraction of sp³-hybridized carbons (Fsp3) is 0.231. The van der Waals surface area contributed by atoms with Crippen molar-refractivity contribution < 1.29 is 19.1 Å². The zero-order valence-corrected chi connectivity index (χ0v) is 20.0. The van der Waals surface area contributed by atoms with Crippen LogP contribution in [-0.4, -0.2) is 30.6 Å². The quantitative estimate of drug-likeness (QED) is 0.412. The van der Waals surface area contributed by atoms with E-state index in [9.17, 15) is 9.59 Å². The predicted octanol–water partition coefficient (Wildman–Crippen LogP) is 5.19. The Bertz CT molecular complexity index is 1090. The number of hydrogen-bond acceptors (Lipinski definition) is 4. The molecule has 0 aromatic heterocycles. The van der Waals surface area contributed by atoms with Crippen molar-refractivity contribution in [3.05, 3.63) is 94.5 Å². The van der Waals surface area contributed by atoms with Gasteiger partial charge in [0.1, 0.15) is 18.1 Å². The first kappa shape index (κ1) is 24.9. The van der Waals surface area contributed by atoms with Crippen LogP contribution in [0.5, 0.6) is 11.5 Å². The molecule has 0 bridgehead atoms. The summed E-state index contributed by atoms with van der Waals surface area (Å²) in [6, 6.07) is 21.5. The minimum absolute atomic E-state index is 0.150. The molecule has 3 aromatic carbocycles. The number of hydrazine groups is 1. The third-order valence-electron chi connectivity index (χ3n) is 4.86. The van der Waals surface area contributed by atoms with E-state index in [1.54, 1.807) is 12.1 Å². The van der Waals surface area contributed by atoms with Gasteiger partial charge in [-0.1, -0.05) is 61.0 Å². The maximum absolute atomic E-state index is 13.2. The fourth-order valence-corrected chi connectivity index (χ4v) is 3.31. The number of nitrogens with one attached hydrogen (secondary N) is 2. The molecule has 0 saturated heterocycles. The first-order valence-electron chi connectivity index (χ1n) is 11.0. The fourth-order valence-electron chi connectivity index (χ4n) is 3.07. The third-order valence-corrected chi connectivity index (χ3v) is 5.16. The van der Waals surface area contributed by atoms with Crippen LogP contribution in [0.1, 0.15) is 34.8 Å². The van der Waals surface area contributed by atoms with Gasteiger partial charge in [-0.15, -0.1) is 0 Å². The highest BCUT2D eigenvalue weighted by Gasteiger charge is 2.20. The van der Waals surface area contributed by atoms with Gasteiger partial charge in [-0.3, -0.25) is 4.79 Å². The lowest BCUT2D eigenvalue weighted by atomic mass is 10.1. The van der Waals surface area contributed by atoms with Crippen molar-refractivity contribution in [3.63, 3.8) is 0 Å². The molecular formula is C26H28ClN3O4. The maximum Gasteiger partial charge on any atom is 0.333 e. The van der Waals surface area contributed by atoms with E-state index in [1.165, 1.54) is 18.1 Å². The third kappa shape index (κ3) is 7.15. The second kappa shape index (κ2) is 12.5. The molecule has 3 rings (SSSR count). The average molecular weight is 482 g/mol. The SMILES string of the molecule is CCCOc1ccc(C(=O)N(Cc2ccc(OCc3ccccc3)cc2)NC(=O)NC)cc1Cl. The number of rotatable bonds is 9. The number of amides is 3. The van der Waals surface area contributed by atoms with Crippen molar-refractivity contribution in [3.8, 4) is 11.5 Å². The van der Waals surface area contributed by atoms with Crippen LogP contribution in [0.15, 0.2) is 72.8 Å². The molecule has 3 amide bonds. The summed E-state index contributed by atoms with van der Waals surface area (Å²) < 4.78 is 11.4. The summed E-state index contributed by atoms with van der Waals surface area (Å²) in [6.07, 6.45) is 0.844. The lowest BCUT2D eigenvalue weighted by Crippen LogP contribution is -2.48. The Morgan fingerprint density at radius 2 is 1.68 bits per heavy atom. The molecule has 0 atom stereocenters. The van der Waals surface area contributed by atoms with Crippen molar-refractivity contribution in [2.45, 2.75) is 26.5 Å². The number of hydrogen-bond donors (Lipinski definition) is 2. The van der Waals surface area contributed by atoms with Crippen molar-refractivity contribution in [1.82, 2.24) is 15.8 Å². The van der Waals surface area contributed by atoms with Gasteiger partial charge in [-0.2, -0.15) is 0 Å². The van der Waals surface area contributed by atoms with Crippen LogP contribution in [0.25, 0.3) is 0 Å². The minimum atomic E-state index is -0.509. The van der Waals surface area contributed by atoms with Gasteiger partial charge in [0.25, 0.3) is 5.91 Å². The van der Waals surface area contributed by atoms with Gasteiger partial charge >= 0.3 is 6.03 Å². The second-order valence-corrected chi connectivity index (χ2v) is 7.90. The molecule has 0 aliphatic carbocycles. The lowest BCUT2D eigenvalue weighted by Gasteiger charge is -2.23. The van der Waals surface area contributed by atoms with E-state index in [0.717, 1.165) is 17.5 Å². The number of benzene rings is 3. The van der Waals surface area contributed by atoms with E-state index in [0.29, 0.717) is 35.3 Å². The van der Waals surface area contributed by atoms with Gasteiger partial charge in [-0.05, 0) is 47.9 Å². The second-order valence-electron chi connectivity index (χ2n) is 7.49. The van der Waals surface area contributed by atoms with E-state index in [1.807, 2.05) is 61.5 Å². The number of carbonyl (C=O) groups is 2. The molecule has 0 unspecified atom stereocenters. The summed E-state index contributed by atoms with van der Waals surface area (Å²) in [6.45, 7) is 3.14. The van der Waals surface area contributed by atoms with E-state index < -0.39 is 11.9 Å². The zero-order chi connectivity index (χ0) is 24.3. The Morgan fingerprint density at radius 1 is 0.941 bits per heavy atom. The summed E-state index contributed by atoms with van der Waals surface area (Å²) in [4.78, 5) is 25.1. The van der Waals surface area contributed by atoms with E-state index in [2.05, 4.69) is 10.7 Å². The van der Waals surface area contributed by atoms with Crippen LogP contribution in [-0.2, 0) is 13.2 Å². The largest absolute Gasteiger partial charge is 0.492 e. The topological polar surface area (TPSA) is 79.9 Å². The van der Waals surface area contributed by atoms with Crippen molar-refractivity contribution >= 4 is 23.5 Å². The van der Waals surface area contributed by atoms with Crippen LogP contribution in [0.3, 0.4) is 0 Å². The summed E-state index contributed by atoms with van der Waals surface area (Å²) in [7, 11) is 1.48. The molecule has 0 fully saturated rings. The predicted molar refractivity (Wildman–Crippen MR) is 132 cm³/mol. The molecule has 0 saturated carbocycles. The normalized spacial score (nSPS) is 10.3. The molecule has 7 nitrogen and oxygen atoms in total. The Balaban J connectivity index is 1.70. The van der Waals surface area contributed by atoms with Gasteiger partial charge in [0.05, 0.1) is 18.2 Å². The number of urea groups is 1. The molecule has 8 heteroatoms. The van der Waals surface area contributed by atoms with E-state index >= 15 is 0 Å². The monoisotopic (exact) mass is 481 g/mol. The molecule has 178 valence electrons. The molecular weight excluding hydrogens is 454 g/mol. The summed E-state index contributed by atoms with van der Waals surface area (Å²) in [5.74, 6) is 0.813. The van der Waals surface area contributed by atoms with Crippen molar-refractivity contribution in [2.24, 2.45) is 0 Å². The molecule has 0 spiro atoms. The maximum atomic E-state index is 13.2. The molecule has 0 aliphatic heterocycles. The Morgan fingerprint density at radius 3 is 2.32 bits per heavy atom. The number of carbonyl (C=O) groups excluding carboxylic acids is 2. The average Bonchev–Trinajstić information content (AvgIpc) is 2.87. The Labute approximate surface area is 204 Å². The number of halogens is 1. The van der Waals surface area contributed by atoms with Gasteiger partial charge in [0, 0.05) is 12.6 Å². The minimum Gasteiger partial charge on any atom is -0.492 e. The molecule has 0 aliphatic rings. The first-order chi connectivity index (χ1) is 16.5. The highest BCUT2D eigenvalue weighted by atomic mass is 35.5. The van der Waals surface area contributed by atoms with Gasteiger partial charge in [0.15, 0.2) is 0 Å². The van der Waals surface area contributed by atoms with Gasteiger partial charge in [-0.25, -0.2) is 15.2 Å². The standard InChI is InChI=1S/C26H28ClN3O4/c1-3-15-33-24-14-11-21(16-23(24)27)25(31)30(29-26(32)28-2)17-19-9-12-22(13-10-19)34-18-20-7-5-4-6-8-20/h4-14,16H,3,15,17-18H2,1-2H3,(H2,28,29,32). The van der Waals surface area contributed by atoms with Crippen LogP contribution >= 0.6 is 11.6 Å². The van der Waals surface area contributed by atoms with Gasteiger partial charge in [0.2, 0.25) is 0 Å². The molecule has 2 N–H and O–H groups in total. The highest BCUT2D eigenvalue weighted by Crippen LogP contribution is 2.26. The van der Waals surface area contributed by atoms with E-state index in [-0.39, 0.29) is 6.54 Å². The van der Waals surface area contributed by atoms with Crippen molar-refractivity contribution in [1.29, 1.82) is 0 Å². The molecule has 3 aromatic rings. The Hall–Kier alpha value is -3.71. The Kier molecular flexibility index (Phi) is 9.17. The molecule has 0 heterocycles. The summed E-state index contributed by atoms with van der Waals surface area (Å²) in [5, 5.41) is 4.03. The van der Waals surface area contributed by atoms with E-state index in [4.69, 9.17) is 21.1 Å². The molecule has 0 radical (unpaired) electrons. The summed E-state index contributed by atoms with van der Waals surface area (Å²) >= 11 is 6.29. The molecule has 34 heavy (non-hydrogen) atoms. The highest BCUT2D eigenvalue weighted by molar-refractivity contribution is 6.32. The van der Waals surface area contributed by atoms with Crippen LogP contribution in [0.2, 0.25) is 5.02 Å². The van der Waals surface area contributed by atoms with Crippen LogP contribution < -0.4 is 20.2 Å². The smallest absolute Gasteiger partial charge is 0.333 e. The zero-order valence-electron chi connectivity index (χ0n) is 19.2. The lowest BCUT2D eigenvalue weighted by molar-refractivity contribution is 0.0666. The number of ether oxygens (including phenoxy) is 2.